The first kappa shape index (κ1) is 14.8. The van der Waals surface area contributed by atoms with Crippen LogP contribution in [0.1, 0.15) is 29.6 Å². The van der Waals surface area contributed by atoms with Crippen molar-refractivity contribution in [2.45, 2.75) is 30.3 Å². The second-order valence-corrected chi connectivity index (χ2v) is 5.39. The van der Waals surface area contributed by atoms with Gasteiger partial charge in [0.15, 0.2) is 0 Å². The van der Waals surface area contributed by atoms with Gasteiger partial charge in [0.1, 0.15) is 11.1 Å². The Kier molecular flexibility index (Phi) is 5.00. The summed E-state index contributed by atoms with van der Waals surface area (Å²) in [6.45, 7) is 0.585. The normalized spacial score (nSPS) is 18.7. The molecule has 20 heavy (non-hydrogen) atoms. The largest absolute Gasteiger partial charge is 0.467 e. The van der Waals surface area contributed by atoms with Crippen LogP contribution in [-0.4, -0.2) is 47.7 Å². The predicted molar refractivity (Wildman–Crippen MR) is 76.7 cm³/mol. The van der Waals surface area contributed by atoms with E-state index in [0.717, 1.165) is 12.8 Å². The molecule has 2 heterocycles. The van der Waals surface area contributed by atoms with E-state index in [1.165, 1.54) is 18.9 Å². The number of ether oxygens (including phenoxy) is 1. The molecule has 0 radical (unpaired) electrons. The van der Waals surface area contributed by atoms with Crippen molar-refractivity contribution in [1.29, 1.82) is 0 Å². The molecule has 1 aliphatic rings. The van der Waals surface area contributed by atoms with Crippen molar-refractivity contribution in [1.82, 2.24) is 9.88 Å². The summed E-state index contributed by atoms with van der Waals surface area (Å²) in [4.78, 5) is 30.3. The monoisotopic (exact) mass is 294 g/mol. The fourth-order valence-electron chi connectivity index (χ4n) is 2.43. The number of esters is 1. The molecule has 0 aliphatic carbocycles. The third-order valence-corrected chi connectivity index (χ3v) is 4.14. The lowest BCUT2D eigenvalue weighted by Gasteiger charge is -2.34. The summed E-state index contributed by atoms with van der Waals surface area (Å²) in [6.07, 6.45) is 6.05. The van der Waals surface area contributed by atoms with Gasteiger partial charge in [0.25, 0.3) is 5.91 Å². The van der Waals surface area contributed by atoms with Gasteiger partial charge in [-0.3, -0.25) is 4.79 Å². The van der Waals surface area contributed by atoms with Crippen molar-refractivity contribution in [2.24, 2.45) is 0 Å². The van der Waals surface area contributed by atoms with Crippen LogP contribution >= 0.6 is 11.8 Å². The number of thioether (sulfide) groups is 1. The van der Waals surface area contributed by atoms with Crippen LogP contribution in [-0.2, 0) is 9.53 Å². The molecule has 1 aromatic rings. The Balaban J connectivity index is 2.27. The molecule has 1 amide bonds. The average molecular weight is 294 g/mol. The van der Waals surface area contributed by atoms with E-state index in [1.54, 1.807) is 23.2 Å². The Morgan fingerprint density at radius 3 is 2.95 bits per heavy atom. The number of nitrogens with zero attached hydrogens (tertiary/aromatic N) is 2. The number of likely N-dealkylation sites (tertiary alicyclic amines) is 1. The molecule has 2 rings (SSSR count). The molecule has 1 aliphatic heterocycles. The zero-order valence-electron chi connectivity index (χ0n) is 11.7. The van der Waals surface area contributed by atoms with E-state index in [4.69, 9.17) is 4.74 Å². The lowest BCUT2D eigenvalue weighted by Crippen LogP contribution is -2.48. The van der Waals surface area contributed by atoms with E-state index in [2.05, 4.69) is 4.98 Å². The highest BCUT2D eigenvalue weighted by atomic mass is 32.2. The van der Waals surface area contributed by atoms with Gasteiger partial charge in [-0.25, -0.2) is 9.78 Å². The number of hydrogen-bond acceptors (Lipinski definition) is 5. The molecule has 1 unspecified atom stereocenters. The molecule has 1 fully saturated rings. The number of hydrogen-bond donors (Lipinski definition) is 0. The fourth-order valence-corrected chi connectivity index (χ4v) is 2.97. The highest BCUT2D eigenvalue weighted by Gasteiger charge is 2.34. The van der Waals surface area contributed by atoms with E-state index in [9.17, 15) is 9.59 Å². The van der Waals surface area contributed by atoms with Crippen LogP contribution in [0, 0.1) is 0 Å². The number of carbonyl (C=O) groups excluding carboxylic acids is 2. The van der Waals surface area contributed by atoms with Crippen LogP contribution < -0.4 is 0 Å². The standard InChI is InChI=1S/C14H18N2O3S/c1-19-14(18)11-7-3-4-9-16(11)13(17)10-6-5-8-15-12(10)20-2/h5-6,8,11H,3-4,7,9H2,1-2H3. The summed E-state index contributed by atoms with van der Waals surface area (Å²) < 4.78 is 4.81. The third-order valence-electron chi connectivity index (χ3n) is 3.43. The zero-order valence-corrected chi connectivity index (χ0v) is 12.5. The van der Waals surface area contributed by atoms with Gasteiger partial charge in [0, 0.05) is 12.7 Å². The predicted octanol–water partition coefficient (Wildman–Crippen LogP) is 1.97. The van der Waals surface area contributed by atoms with E-state index in [1.807, 2.05) is 6.26 Å². The van der Waals surface area contributed by atoms with E-state index in [-0.39, 0.29) is 11.9 Å². The summed E-state index contributed by atoms with van der Waals surface area (Å²) in [7, 11) is 1.36. The number of aromatic nitrogens is 1. The molecule has 5 nitrogen and oxygen atoms in total. The maximum Gasteiger partial charge on any atom is 0.328 e. The number of piperidine rings is 1. The lowest BCUT2D eigenvalue weighted by atomic mass is 10.0. The van der Waals surface area contributed by atoms with Gasteiger partial charge in [-0.1, -0.05) is 0 Å². The first-order valence-electron chi connectivity index (χ1n) is 6.57. The minimum Gasteiger partial charge on any atom is -0.467 e. The van der Waals surface area contributed by atoms with Crippen LogP contribution in [0.3, 0.4) is 0 Å². The highest BCUT2D eigenvalue weighted by Crippen LogP contribution is 2.24. The Bertz CT molecular complexity index is 507. The Morgan fingerprint density at radius 1 is 1.45 bits per heavy atom. The summed E-state index contributed by atoms with van der Waals surface area (Å²) in [5.41, 5.74) is 0.552. The van der Waals surface area contributed by atoms with Gasteiger partial charge in [0.2, 0.25) is 0 Å². The van der Waals surface area contributed by atoms with Crippen molar-refractivity contribution in [3.8, 4) is 0 Å². The third kappa shape index (κ3) is 2.95. The number of carbonyl (C=O) groups is 2. The molecule has 1 saturated heterocycles. The molecule has 108 valence electrons. The van der Waals surface area contributed by atoms with Crippen molar-refractivity contribution < 1.29 is 14.3 Å². The minimum atomic E-state index is -0.476. The Hall–Kier alpha value is -1.56. The molecular formula is C14H18N2O3S. The Labute approximate surface area is 122 Å². The Morgan fingerprint density at radius 2 is 2.25 bits per heavy atom. The van der Waals surface area contributed by atoms with Gasteiger partial charge in [-0.15, -0.1) is 11.8 Å². The second-order valence-electron chi connectivity index (χ2n) is 4.59. The topological polar surface area (TPSA) is 59.5 Å². The maximum atomic E-state index is 12.7. The van der Waals surface area contributed by atoms with Gasteiger partial charge in [-0.05, 0) is 37.7 Å². The van der Waals surface area contributed by atoms with Crippen molar-refractivity contribution in [2.75, 3.05) is 19.9 Å². The average Bonchev–Trinajstić information content (AvgIpc) is 2.53. The second kappa shape index (κ2) is 6.74. The number of pyridine rings is 1. The smallest absolute Gasteiger partial charge is 0.328 e. The molecule has 0 aromatic carbocycles. The summed E-state index contributed by atoms with van der Waals surface area (Å²) >= 11 is 1.43. The lowest BCUT2D eigenvalue weighted by molar-refractivity contribution is -0.147. The van der Waals surface area contributed by atoms with Crippen LogP contribution in [0.2, 0.25) is 0 Å². The maximum absolute atomic E-state index is 12.7. The molecular weight excluding hydrogens is 276 g/mol. The molecule has 0 saturated carbocycles. The van der Waals surface area contributed by atoms with Gasteiger partial charge >= 0.3 is 5.97 Å². The van der Waals surface area contributed by atoms with E-state index >= 15 is 0 Å². The van der Waals surface area contributed by atoms with Gasteiger partial charge < -0.3 is 9.64 Å². The van der Waals surface area contributed by atoms with Crippen LogP contribution in [0.15, 0.2) is 23.4 Å². The summed E-state index contributed by atoms with van der Waals surface area (Å²) in [5, 5.41) is 0.687. The van der Waals surface area contributed by atoms with Crippen molar-refractivity contribution in [3.63, 3.8) is 0 Å². The van der Waals surface area contributed by atoms with Gasteiger partial charge in [0.05, 0.1) is 12.7 Å². The van der Waals surface area contributed by atoms with E-state index in [0.29, 0.717) is 23.6 Å². The molecule has 0 spiro atoms. The van der Waals surface area contributed by atoms with Crippen LogP contribution in [0.25, 0.3) is 0 Å². The molecule has 1 atom stereocenters. The van der Waals surface area contributed by atoms with Crippen molar-refractivity contribution >= 4 is 23.6 Å². The molecule has 0 N–H and O–H groups in total. The van der Waals surface area contributed by atoms with Gasteiger partial charge in [-0.2, -0.15) is 0 Å². The number of rotatable bonds is 3. The molecule has 1 aromatic heterocycles. The van der Waals surface area contributed by atoms with Crippen LogP contribution in [0.5, 0.6) is 0 Å². The SMILES string of the molecule is COC(=O)C1CCCCN1C(=O)c1cccnc1SC. The first-order valence-corrected chi connectivity index (χ1v) is 7.79. The fraction of sp³-hybridized carbons (Fsp3) is 0.500. The molecule has 6 heteroatoms. The van der Waals surface area contributed by atoms with Crippen molar-refractivity contribution in [3.05, 3.63) is 23.9 Å². The quantitative estimate of drug-likeness (QED) is 0.630. The number of methoxy groups -OCH3 is 1. The highest BCUT2D eigenvalue weighted by molar-refractivity contribution is 7.98. The zero-order chi connectivity index (χ0) is 14.5. The van der Waals surface area contributed by atoms with Crippen LogP contribution in [0.4, 0.5) is 0 Å². The minimum absolute atomic E-state index is 0.141. The molecule has 0 bridgehead atoms. The summed E-state index contributed by atoms with van der Waals surface area (Å²) in [6, 6.07) is 3.02. The number of amides is 1. The van der Waals surface area contributed by atoms with E-state index < -0.39 is 6.04 Å². The first-order chi connectivity index (χ1) is 9.69. The summed E-state index contributed by atoms with van der Waals surface area (Å²) in [5.74, 6) is -0.481.